The first-order valence-corrected chi connectivity index (χ1v) is 5.29. The molecule has 4 N–H and O–H groups in total. The Balaban J connectivity index is 2.89. The number of nitrogens with zero attached hydrogens (tertiary/aromatic N) is 2. The summed E-state index contributed by atoms with van der Waals surface area (Å²) in [5.41, 5.74) is 12.1. The number of rotatable bonds is 3. The fraction of sp³-hybridized carbons (Fsp3) is 0.273. The number of halogens is 1. The van der Waals surface area contributed by atoms with E-state index in [1.165, 1.54) is 0 Å². The van der Waals surface area contributed by atoms with Crippen LogP contribution in [-0.2, 0) is 0 Å². The highest BCUT2D eigenvalue weighted by Gasteiger charge is 1.99. The summed E-state index contributed by atoms with van der Waals surface area (Å²) < 4.78 is 0. The summed E-state index contributed by atoms with van der Waals surface area (Å²) in [5.74, 6) is 1.03. The van der Waals surface area contributed by atoms with Crippen molar-refractivity contribution in [3.05, 3.63) is 35.1 Å². The summed E-state index contributed by atoms with van der Waals surface area (Å²) in [4.78, 5) is 8.09. The van der Waals surface area contributed by atoms with Gasteiger partial charge in [-0.05, 0) is 18.1 Å². The molecule has 1 heterocycles. The van der Waals surface area contributed by atoms with Crippen LogP contribution in [-0.4, -0.2) is 10.8 Å². The van der Waals surface area contributed by atoms with Crippen molar-refractivity contribution in [3.63, 3.8) is 0 Å². The summed E-state index contributed by atoms with van der Waals surface area (Å²) in [6.45, 7) is 3.97. The zero-order valence-corrected chi connectivity index (χ0v) is 10.1. The highest BCUT2D eigenvalue weighted by atomic mass is 35.5. The zero-order valence-electron chi connectivity index (χ0n) is 9.31. The molecule has 0 aliphatic heterocycles. The third-order valence-corrected chi connectivity index (χ3v) is 2.17. The Kier molecular flexibility index (Phi) is 4.31. The van der Waals surface area contributed by atoms with E-state index in [0.717, 1.165) is 0 Å². The highest BCUT2D eigenvalue weighted by Crippen LogP contribution is 2.14. The molecule has 0 saturated carbocycles. The molecule has 0 aliphatic rings. The van der Waals surface area contributed by atoms with Gasteiger partial charge < -0.3 is 11.5 Å². The molecule has 0 radical (unpaired) electrons. The van der Waals surface area contributed by atoms with E-state index in [2.05, 4.69) is 9.98 Å². The standard InChI is InChI=1S/C11H15ClN4/c1-7(2)9(13)6-10(14)16-11-5-8(12)3-4-15-11/h3-7H,13H2,1-2H3,(H2,14,15,16). The van der Waals surface area contributed by atoms with Gasteiger partial charge in [-0.3, -0.25) is 0 Å². The van der Waals surface area contributed by atoms with E-state index in [9.17, 15) is 0 Å². The third-order valence-electron chi connectivity index (χ3n) is 1.93. The van der Waals surface area contributed by atoms with Crippen LogP contribution < -0.4 is 11.5 Å². The fourth-order valence-corrected chi connectivity index (χ4v) is 1.11. The third kappa shape index (κ3) is 3.90. The van der Waals surface area contributed by atoms with Crippen LogP contribution in [0.1, 0.15) is 13.8 Å². The van der Waals surface area contributed by atoms with Crippen molar-refractivity contribution < 1.29 is 0 Å². The lowest BCUT2D eigenvalue weighted by atomic mass is 10.1. The zero-order chi connectivity index (χ0) is 12.1. The van der Waals surface area contributed by atoms with Gasteiger partial charge in [-0.2, -0.15) is 0 Å². The fourth-order valence-electron chi connectivity index (χ4n) is 0.957. The van der Waals surface area contributed by atoms with Crippen molar-refractivity contribution in [1.82, 2.24) is 4.98 Å². The molecule has 4 nitrogen and oxygen atoms in total. The van der Waals surface area contributed by atoms with E-state index in [4.69, 9.17) is 23.1 Å². The molecule has 0 bridgehead atoms. The lowest BCUT2D eigenvalue weighted by molar-refractivity contribution is 0.758. The second kappa shape index (κ2) is 5.51. The molecule has 0 atom stereocenters. The number of aliphatic imine (C=N–C) groups is 1. The lowest BCUT2D eigenvalue weighted by Gasteiger charge is -2.04. The highest BCUT2D eigenvalue weighted by molar-refractivity contribution is 6.30. The van der Waals surface area contributed by atoms with Gasteiger partial charge in [0.15, 0.2) is 5.82 Å². The molecular weight excluding hydrogens is 224 g/mol. The van der Waals surface area contributed by atoms with Crippen molar-refractivity contribution in [3.8, 4) is 0 Å². The van der Waals surface area contributed by atoms with Crippen molar-refractivity contribution in [1.29, 1.82) is 0 Å². The van der Waals surface area contributed by atoms with Gasteiger partial charge in [0, 0.05) is 23.0 Å². The first kappa shape index (κ1) is 12.5. The van der Waals surface area contributed by atoms with Crippen LogP contribution in [0.15, 0.2) is 35.1 Å². The first-order valence-electron chi connectivity index (χ1n) is 4.92. The molecule has 86 valence electrons. The molecule has 0 amide bonds. The number of nitrogens with two attached hydrogens (primary N) is 2. The maximum absolute atomic E-state index is 5.79. The number of aromatic nitrogens is 1. The van der Waals surface area contributed by atoms with E-state index in [0.29, 0.717) is 22.4 Å². The Labute approximate surface area is 100 Å². The summed E-state index contributed by atoms with van der Waals surface area (Å²) in [6, 6.07) is 3.31. The normalized spacial score (nSPS) is 13.2. The SMILES string of the molecule is CC(C)C(N)=CC(N)=Nc1cc(Cl)ccn1. The molecule has 0 aromatic carbocycles. The van der Waals surface area contributed by atoms with E-state index in [1.807, 2.05) is 13.8 Å². The van der Waals surface area contributed by atoms with Crippen LogP contribution in [0.3, 0.4) is 0 Å². The Morgan fingerprint density at radius 3 is 2.75 bits per heavy atom. The van der Waals surface area contributed by atoms with Crippen LogP contribution in [0.5, 0.6) is 0 Å². The molecule has 1 rings (SSSR count). The van der Waals surface area contributed by atoms with Gasteiger partial charge in [0.1, 0.15) is 5.84 Å². The molecule has 0 aliphatic carbocycles. The molecule has 5 heteroatoms. The molecule has 0 saturated heterocycles. The number of hydrogen-bond donors (Lipinski definition) is 2. The number of hydrogen-bond acceptors (Lipinski definition) is 3. The van der Waals surface area contributed by atoms with Crippen LogP contribution >= 0.6 is 11.6 Å². The predicted molar refractivity (Wildman–Crippen MR) is 67.6 cm³/mol. The van der Waals surface area contributed by atoms with Gasteiger partial charge in [-0.15, -0.1) is 0 Å². The van der Waals surface area contributed by atoms with E-state index >= 15 is 0 Å². The number of allylic oxidation sites excluding steroid dienone is 1. The average Bonchev–Trinajstić information content (AvgIpc) is 2.16. The maximum Gasteiger partial charge on any atom is 0.155 e. The van der Waals surface area contributed by atoms with Gasteiger partial charge in [-0.25, -0.2) is 9.98 Å². The van der Waals surface area contributed by atoms with E-state index in [-0.39, 0.29) is 5.92 Å². The van der Waals surface area contributed by atoms with Crippen LogP contribution in [0.4, 0.5) is 5.82 Å². The van der Waals surface area contributed by atoms with Crippen molar-refractivity contribution in [2.75, 3.05) is 0 Å². The average molecular weight is 239 g/mol. The Bertz CT molecular complexity index is 424. The summed E-state index contributed by atoms with van der Waals surface area (Å²) >= 11 is 5.79. The van der Waals surface area contributed by atoms with Crippen LogP contribution in [0, 0.1) is 5.92 Å². The molecule has 0 fully saturated rings. The van der Waals surface area contributed by atoms with E-state index in [1.54, 1.807) is 24.4 Å². The van der Waals surface area contributed by atoms with Crippen molar-refractivity contribution in [2.45, 2.75) is 13.8 Å². The van der Waals surface area contributed by atoms with Crippen LogP contribution in [0.2, 0.25) is 5.02 Å². The Morgan fingerprint density at radius 2 is 2.19 bits per heavy atom. The number of amidine groups is 1. The molecule has 1 aromatic rings. The largest absolute Gasteiger partial charge is 0.402 e. The Hall–Kier alpha value is -1.55. The van der Waals surface area contributed by atoms with E-state index < -0.39 is 0 Å². The van der Waals surface area contributed by atoms with Gasteiger partial charge >= 0.3 is 0 Å². The maximum atomic E-state index is 5.79. The summed E-state index contributed by atoms with van der Waals surface area (Å²) in [7, 11) is 0. The van der Waals surface area contributed by atoms with Crippen LogP contribution in [0.25, 0.3) is 0 Å². The second-order valence-electron chi connectivity index (χ2n) is 3.67. The molecule has 1 aromatic heterocycles. The molecule has 0 unspecified atom stereocenters. The topological polar surface area (TPSA) is 77.3 Å². The van der Waals surface area contributed by atoms with Gasteiger partial charge in [-0.1, -0.05) is 25.4 Å². The Morgan fingerprint density at radius 1 is 1.50 bits per heavy atom. The quantitative estimate of drug-likeness (QED) is 0.626. The molecule has 16 heavy (non-hydrogen) atoms. The summed E-state index contributed by atoms with van der Waals surface area (Å²) in [6.07, 6.45) is 3.21. The van der Waals surface area contributed by atoms with Gasteiger partial charge in [0.2, 0.25) is 0 Å². The van der Waals surface area contributed by atoms with Crippen molar-refractivity contribution >= 4 is 23.3 Å². The minimum atomic E-state index is 0.237. The molecular formula is C11H15ClN4. The van der Waals surface area contributed by atoms with Gasteiger partial charge in [0.05, 0.1) is 0 Å². The van der Waals surface area contributed by atoms with Crippen molar-refractivity contribution in [2.24, 2.45) is 22.4 Å². The predicted octanol–water partition coefficient (Wildman–Crippen LogP) is 2.22. The first-order chi connectivity index (χ1) is 7.49. The second-order valence-corrected chi connectivity index (χ2v) is 4.10. The smallest absolute Gasteiger partial charge is 0.155 e. The molecule has 0 spiro atoms. The lowest BCUT2D eigenvalue weighted by Crippen LogP contribution is -2.14. The minimum absolute atomic E-state index is 0.237. The monoisotopic (exact) mass is 238 g/mol. The number of pyridine rings is 1. The minimum Gasteiger partial charge on any atom is -0.402 e. The summed E-state index contributed by atoms with van der Waals surface area (Å²) in [5, 5.41) is 0.572. The van der Waals surface area contributed by atoms with Gasteiger partial charge in [0.25, 0.3) is 0 Å².